The van der Waals surface area contributed by atoms with Crippen LogP contribution in [-0.4, -0.2) is 84.1 Å². The molecule has 0 spiro atoms. The third-order valence-electron chi connectivity index (χ3n) is 10.5. The van der Waals surface area contributed by atoms with Gasteiger partial charge in [0.05, 0.1) is 62.2 Å². The number of hydrogen-bond acceptors (Lipinski definition) is 20. The lowest BCUT2D eigenvalue weighted by Crippen LogP contribution is -2.22. The number of rotatable bonds is 22. The first kappa shape index (κ1) is 46.6. The monoisotopic (exact) mass is 935 g/mol. The Kier molecular flexibility index (Phi) is 15.8. The van der Waals surface area contributed by atoms with Crippen molar-refractivity contribution in [1.82, 2.24) is 23.7 Å². The summed E-state index contributed by atoms with van der Waals surface area (Å²) in [7, 11) is 6.57. The molecule has 0 unspecified atom stereocenters. The Hall–Kier alpha value is -6.38. The number of thioether (sulfide) groups is 1. The van der Waals surface area contributed by atoms with Crippen molar-refractivity contribution < 1.29 is 18.9 Å². The molecule has 7 aromatic rings. The van der Waals surface area contributed by atoms with E-state index in [2.05, 4.69) is 63.8 Å². The highest BCUT2D eigenvalue weighted by Gasteiger charge is 2.20. The fraction of sp³-hybridized carbons (Fsp3) is 0.356. The Labute approximate surface area is 391 Å². The number of aromatic nitrogens is 5. The van der Waals surface area contributed by atoms with Crippen LogP contribution in [0.15, 0.2) is 86.3 Å². The van der Waals surface area contributed by atoms with Gasteiger partial charge < -0.3 is 39.4 Å². The fourth-order valence-corrected chi connectivity index (χ4v) is 9.21. The van der Waals surface area contributed by atoms with Gasteiger partial charge in [-0.15, -0.1) is 20.5 Å². The Morgan fingerprint density at radius 2 is 1.03 bits per heavy atom. The van der Waals surface area contributed by atoms with E-state index in [1.54, 1.807) is 40.2 Å². The highest BCUT2D eigenvalue weighted by molar-refractivity contribution is 7.99. The lowest BCUT2D eigenvalue weighted by molar-refractivity contribution is 0.414. The van der Waals surface area contributed by atoms with E-state index < -0.39 is 0 Å². The molecular weight excluding hydrogens is 883 g/mol. The second-order valence-corrected chi connectivity index (χ2v) is 16.9. The number of azo groups is 2. The smallest absolute Gasteiger partial charge is 0.233 e. The molecule has 0 saturated carbocycles. The van der Waals surface area contributed by atoms with Gasteiger partial charge in [-0.2, -0.15) is 23.7 Å². The molecule has 0 aliphatic carbocycles. The van der Waals surface area contributed by atoms with Crippen LogP contribution in [0.4, 0.5) is 56.0 Å². The Morgan fingerprint density at radius 3 is 1.43 bits per heavy atom. The summed E-state index contributed by atoms with van der Waals surface area (Å²) in [5, 5.41) is 29.4. The minimum Gasteiger partial charge on any atom is -0.497 e. The van der Waals surface area contributed by atoms with E-state index in [0.717, 1.165) is 78.0 Å². The predicted molar refractivity (Wildman–Crippen MR) is 266 cm³/mol. The van der Waals surface area contributed by atoms with Crippen molar-refractivity contribution in [3.63, 3.8) is 0 Å². The number of benzene rings is 4. The lowest BCUT2D eigenvalue weighted by atomic mass is 10.2. The zero-order valence-electron chi connectivity index (χ0n) is 38.0. The summed E-state index contributed by atoms with van der Waals surface area (Å²) >= 11 is 4.08. The van der Waals surface area contributed by atoms with Gasteiger partial charge in [0.2, 0.25) is 11.9 Å². The maximum Gasteiger partial charge on any atom is 0.233 e. The largest absolute Gasteiger partial charge is 0.497 e. The van der Waals surface area contributed by atoms with E-state index in [-0.39, 0.29) is 0 Å². The normalized spacial score (nSPS) is 11.5. The van der Waals surface area contributed by atoms with Crippen LogP contribution in [0.1, 0.15) is 47.5 Å². The summed E-state index contributed by atoms with van der Waals surface area (Å²) in [6.07, 6.45) is 2.02. The Bertz CT molecular complexity index is 2610. The van der Waals surface area contributed by atoms with Crippen molar-refractivity contribution in [2.24, 2.45) is 20.5 Å². The fourth-order valence-electron chi connectivity index (χ4n) is 6.92. The molecule has 0 radical (unpaired) electrons. The third kappa shape index (κ3) is 10.8. The Morgan fingerprint density at radius 1 is 0.569 bits per heavy atom. The van der Waals surface area contributed by atoms with Gasteiger partial charge in [-0.3, -0.25) is 0 Å². The number of hydrogen-bond donors (Lipinski definition) is 2. The van der Waals surface area contributed by atoms with Crippen molar-refractivity contribution in [3.8, 4) is 23.0 Å². The molecule has 0 amide bonds. The molecule has 3 heterocycles. The molecule has 0 aliphatic heterocycles. The van der Waals surface area contributed by atoms with E-state index in [9.17, 15) is 0 Å². The van der Waals surface area contributed by atoms with Gasteiger partial charge in [-0.05, 0) is 106 Å². The maximum atomic E-state index is 5.93. The number of nitrogens with one attached hydrogen (secondary N) is 2. The molecule has 0 fully saturated rings. The van der Waals surface area contributed by atoms with Crippen molar-refractivity contribution >= 4 is 113 Å². The predicted octanol–water partition coefficient (Wildman–Crippen LogP) is 13.0. The van der Waals surface area contributed by atoms with Gasteiger partial charge in [0.1, 0.15) is 34.4 Å². The van der Waals surface area contributed by atoms with Crippen LogP contribution in [0, 0.1) is 0 Å². The third-order valence-corrected chi connectivity index (χ3v) is 12.9. The second-order valence-electron chi connectivity index (χ2n) is 14.3. The molecule has 4 aromatic carbocycles. The average molecular weight is 936 g/mol. The first-order chi connectivity index (χ1) is 31.8. The molecule has 17 nitrogen and oxygen atoms in total. The molecule has 340 valence electrons. The molecule has 0 aliphatic rings. The van der Waals surface area contributed by atoms with E-state index >= 15 is 0 Å². The SMILES string of the molecule is CCCCSc1nc(Nc2cc(N(CC)CC)c(OC)cc2N=Nc2snc3ccc(OC)cc23)nc(Nc2cc(N(CC)CC)c(OC)cc2N=Nc2snc3ccc(OC)cc23)n1. The number of fused-ring (bicyclic) bond motifs is 2. The summed E-state index contributed by atoms with van der Waals surface area (Å²) < 4.78 is 32.0. The molecule has 7 rings (SSSR count). The highest BCUT2D eigenvalue weighted by Crippen LogP contribution is 2.44. The van der Waals surface area contributed by atoms with Crippen molar-refractivity contribution in [2.45, 2.75) is 52.6 Å². The first-order valence-corrected chi connectivity index (χ1v) is 23.9. The molecule has 0 atom stereocenters. The van der Waals surface area contributed by atoms with Gasteiger partial charge in [0.15, 0.2) is 15.2 Å². The van der Waals surface area contributed by atoms with Gasteiger partial charge in [0.25, 0.3) is 0 Å². The maximum absolute atomic E-state index is 5.93. The van der Waals surface area contributed by atoms with Gasteiger partial charge >= 0.3 is 0 Å². The molecule has 0 bridgehead atoms. The molecule has 3 aromatic heterocycles. The lowest BCUT2D eigenvalue weighted by Gasteiger charge is -2.25. The summed E-state index contributed by atoms with van der Waals surface area (Å²) in [5.41, 5.74) is 5.60. The number of unbranched alkanes of at least 4 members (excludes halogenated alkanes) is 1. The van der Waals surface area contributed by atoms with Crippen LogP contribution < -0.4 is 39.4 Å². The van der Waals surface area contributed by atoms with Crippen molar-refractivity contribution in [3.05, 3.63) is 60.7 Å². The van der Waals surface area contributed by atoms with Gasteiger partial charge in [0, 0.05) is 54.8 Å². The average Bonchev–Trinajstić information content (AvgIpc) is 3.94. The second kappa shape index (κ2) is 22.0. The standard InChI is InChI=1S/C45H53N13O4S3/c1-10-15-20-63-45-49-43(46-33-23-37(57(11-2)12-3)39(61-8)25-35(33)51-53-41-29-21-27(59-6)16-18-31(29)55-64-41)48-44(50-45)47-34-24-38(58(13-4)14-5)40(62-9)26-36(34)52-54-42-30-22-28(60-7)17-19-32(30)56-65-42/h16-19,21-26H,10-15,20H2,1-9H3,(H2,46,47,48,49,50). The topological polar surface area (TPSA) is 181 Å². The van der Waals surface area contributed by atoms with Crippen LogP contribution in [0.25, 0.3) is 21.8 Å². The van der Waals surface area contributed by atoms with E-state index in [0.29, 0.717) is 72.8 Å². The summed E-state index contributed by atoms with van der Waals surface area (Å²) in [4.78, 5) is 19.2. The van der Waals surface area contributed by atoms with E-state index in [4.69, 9.17) is 54.4 Å². The zero-order valence-corrected chi connectivity index (χ0v) is 40.4. The minimum absolute atomic E-state index is 0.298. The summed E-state index contributed by atoms with van der Waals surface area (Å²) in [6.45, 7) is 13.6. The van der Waals surface area contributed by atoms with Crippen LogP contribution >= 0.6 is 34.8 Å². The zero-order chi connectivity index (χ0) is 45.9. The van der Waals surface area contributed by atoms with E-state index in [1.807, 2.05) is 60.7 Å². The number of methoxy groups -OCH3 is 4. The van der Waals surface area contributed by atoms with Crippen LogP contribution in [0.3, 0.4) is 0 Å². The molecule has 20 heteroatoms. The number of ether oxygens (including phenoxy) is 4. The molecule has 0 saturated heterocycles. The molecular formula is C45H53N13O4S3. The van der Waals surface area contributed by atoms with E-state index in [1.165, 1.54) is 23.1 Å². The quantitative estimate of drug-likeness (QED) is 0.0372. The van der Waals surface area contributed by atoms with Crippen molar-refractivity contribution in [2.75, 3.05) is 80.8 Å². The molecule has 2 N–H and O–H groups in total. The highest BCUT2D eigenvalue weighted by atomic mass is 32.2. The first-order valence-electron chi connectivity index (χ1n) is 21.3. The summed E-state index contributed by atoms with van der Waals surface area (Å²) in [5.74, 6) is 4.12. The van der Waals surface area contributed by atoms with Crippen LogP contribution in [0.5, 0.6) is 23.0 Å². The number of anilines is 6. The molecule has 65 heavy (non-hydrogen) atoms. The minimum atomic E-state index is 0.298. The van der Waals surface area contributed by atoms with Crippen LogP contribution in [0.2, 0.25) is 0 Å². The summed E-state index contributed by atoms with van der Waals surface area (Å²) in [6, 6.07) is 19.1. The van der Waals surface area contributed by atoms with Gasteiger partial charge in [-0.25, -0.2) is 0 Å². The van der Waals surface area contributed by atoms with Crippen molar-refractivity contribution in [1.29, 1.82) is 0 Å². The van der Waals surface area contributed by atoms with Gasteiger partial charge in [-0.1, -0.05) is 25.1 Å². The van der Waals surface area contributed by atoms with Crippen LogP contribution in [-0.2, 0) is 0 Å². The Balaban J connectivity index is 1.33. The number of nitrogens with zero attached hydrogens (tertiary/aromatic N) is 11.